The van der Waals surface area contributed by atoms with Crippen LogP contribution in [-0.4, -0.2) is 32.1 Å². The molecule has 0 aliphatic carbocycles. The molecule has 102 valence electrons. The molecule has 0 saturated heterocycles. The largest absolute Gasteiger partial charge is 0.345 e. The predicted molar refractivity (Wildman–Crippen MR) is 85.6 cm³/mol. The maximum Gasteiger partial charge on any atom is 0.246 e. The minimum absolute atomic E-state index is 0.0696. The molecule has 1 aromatic rings. The van der Waals surface area contributed by atoms with E-state index in [2.05, 4.69) is 19.6 Å². The third kappa shape index (κ3) is 6.77. The van der Waals surface area contributed by atoms with Gasteiger partial charge in [0.2, 0.25) is 5.91 Å². The van der Waals surface area contributed by atoms with E-state index in [1.807, 2.05) is 49.5 Å². The molecule has 1 rings (SSSR count). The first kappa shape index (κ1) is 15.4. The second kappa shape index (κ2) is 7.09. The highest BCUT2D eigenvalue weighted by Gasteiger charge is 2.17. The van der Waals surface area contributed by atoms with Crippen LogP contribution >= 0.6 is 0 Å². The summed E-state index contributed by atoms with van der Waals surface area (Å²) in [6, 6.07) is 10.0. The van der Waals surface area contributed by atoms with Gasteiger partial charge in [0, 0.05) is 19.3 Å². The Morgan fingerprint density at radius 1 is 1.16 bits per heavy atom. The molecule has 19 heavy (non-hydrogen) atoms. The summed E-state index contributed by atoms with van der Waals surface area (Å²) in [4.78, 5) is 13.7. The van der Waals surface area contributed by atoms with Gasteiger partial charge in [-0.1, -0.05) is 68.2 Å². The van der Waals surface area contributed by atoms with Crippen LogP contribution in [0, 0.1) is 0 Å². The minimum Gasteiger partial charge on any atom is -0.345 e. The highest BCUT2D eigenvalue weighted by atomic mass is 28.3. The zero-order chi connectivity index (χ0) is 14.3. The van der Waals surface area contributed by atoms with Crippen molar-refractivity contribution in [2.24, 2.45) is 0 Å². The maximum atomic E-state index is 11.9. The highest BCUT2D eigenvalue weighted by molar-refractivity contribution is 6.76. The molecule has 0 heterocycles. The Morgan fingerprint density at radius 2 is 1.79 bits per heavy atom. The molecule has 0 spiro atoms. The molecular formula is C16H23NOSi. The summed E-state index contributed by atoms with van der Waals surface area (Å²) in [6.45, 7) is 6.78. The van der Waals surface area contributed by atoms with Gasteiger partial charge in [-0.2, -0.15) is 0 Å². The first-order chi connectivity index (χ1) is 8.88. The molecule has 0 unspecified atom stereocenters. The van der Waals surface area contributed by atoms with E-state index in [1.54, 1.807) is 17.1 Å². The topological polar surface area (TPSA) is 20.3 Å². The summed E-state index contributed by atoms with van der Waals surface area (Å²) in [5.74, 6) is 0.0696. The Balaban J connectivity index is 2.48. The average Bonchev–Trinajstić information content (AvgIpc) is 2.33. The molecule has 3 heteroatoms. The van der Waals surface area contributed by atoms with Crippen molar-refractivity contribution in [3.05, 3.63) is 54.1 Å². The fourth-order valence-electron chi connectivity index (χ4n) is 1.79. The standard InChI is InChI=1S/C16H23NOSi/c1-17(14-19(2,3)4)16(18)13-9-8-12-15-10-6-5-7-11-15/h5-13H,14H2,1-4H3/b12-8+,13-9+. The minimum atomic E-state index is -1.23. The number of rotatable bonds is 5. The number of amides is 1. The lowest BCUT2D eigenvalue weighted by Gasteiger charge is -2.23. The molecule has 2 nitrogen and oxygen atoms in total. The SMILES string of the molecule is CN(C[Si](C)(C)C)C(=O)/C=C/C=C/c1ccccc1. The van der Waals surface area contributed by atoms with Crippen molar-refractivity contribution >= 4 is 20.1 Å². The lowest BCUT2D eigenvalue weighted by Crippen LogP contribution is -2.40. The molecular weight excluding hydrogens is 250 g/mol. The van der Waals surface area contributed by atoms with Crippen LogP contribution in [0.25, 0.3) is 6.08 Å². The monoisotopic (exact) mass is 273 g/mol. The number of carbonyl (C=O) groups is 1. The van der Waals surface area contributed by atoms with Crippen molar-refractivity contribution in [3.8, 4) is 0 Å². The lowest BCUT2D eigenvalue weighted by molar-refractivity contribution is -0.124. The van der Waals surface area contributed by atoms with E-state index in [0.717, 1.165) is 11.7 Å². The molecule has 1 amide bonds. The van der Waals surface area contributed by atoms with E-state index in [4.69, 9.17) is 0 Å². The van der Waals surface area contributed by atoms with Gasteiger partial charge in [0.25, 0.3) is 0 Å². The fourth-order valence-corrected chi connectivity index (χ4v) is 3.36. The van der Waals surface area contributed by atoms with Gasteiger partial charge < -0.3 is 4.90 Å². The number of benzene rings is 1. The molecule has 0 aromatic heterocycles. The molecule has 0 radical (unpaired) electrons. The number of carbonyl (C=O) groups excluding carboxylic acids is 1. The first-order valence-electron chi connectivity index (χ1n) is 6.53. The average molecular weight is 273 g/mol. The van der Waals surface area contributed by atoms with Gasteiger partial charge in [-0.3, -0.25) is 4.79 Å². The molecule has 0 N–H and O–H groups in total. The Hall–Kier alpha value is -1.61. The van der Waals surface area contributed by atoms with E-state index in [9.17, 15) is 4.79 Å². The molecule has 0 atom stereocenters. The van der Waals surface area contributed by atoms with Gasteiger partial charge in [0.05, 0.1) is 8.07 Å². The summed E-state index contributed by atoms with van der Waals surface area (Å²) >= 11 is 0. The van der Waals surface area contributed by atoms with Crippen molar-refractivity contribution in [3.63, 3.8) is 0 Å². The van der Waals surface area contributed by atoms with E-state index in [1.165, 1.54) is 0 Å². The van der Waals surface area contributed by atoms with E-state index in [0.29, 0.717) is 0 Å². The van der Waals surface area contributed by atoms with Crippen LogP contribution in [0.1, 0.15) is 5.56 Å². The smallest absolute Gasteiger partial charge is 0.246 e. The quantitative estimate of drug-likeness (QED) is 0.456. The third-order valence-electron chi connectivity index (χ3n) is 2.53. The van der Waals surface area contributed by atoms with Crippen LogP contribution in [-0.2, 0) is 4.79 Å². The van der Waals surface area contributed by atoms with Crippen LogP contribution in [0.3, 0.4) is 0 Å². The molecule has 0 aliphatic heterocycles. The maximum absolute atomic E-state index is 11.9. The summed E-state index contributed by atoms with van der Waals surface area (Å²) in [7, 11) is 0.637. The van der Waals surface area contributed by atoms with Crippen molar-refractivity contribution in [2.45, 2.75) is 19.6 Å². The summed E-state index contributed by atoms with van der Waals surface area (Å²) in [5.41, 5.74) is 1.13. The van der Waals surface area contributed by atoms with Crippen molar-refractivity contribution in [2.75, 3.05) is 13.2 Å². The van der Waals surface area contributed by atoms with Crippen LogP contribution < -0.4 is 0 Å². The molecule has 0 aliphatic rings. The van der Waals surface area contributed by atoms with E-state index < -0.39 is 8.07 Å². The number of hydrogen-bond donors (Lipinski definition) is 0. The Morgan fingerprint density at radius 3 is 2.37 bits per heavy atom. The highest BCUT2D eigenvalue weighted by Crippen LogP contribution is 2.04. The van der Waals surface area contributed by atoms with Crippen molar-refractivity contribution in [1.82, 2.24) is 4.90 Å². The summed E-state index contributed by atoms with van der Waals surface area (Å²) in [5, 5.41) is 0. The molecule has 0 saturated carbocycles. The second-order valence-corrected chi connectivity index (χ2v) is 11.3. The zero-order valence-electron chi connectivity index (χ0n) is 12.3. The van der Waals surface area contributed by atoms with Gasteiger partial charge in [-0.25, -0.2) is 0 Å². The van der Waals surface area contributed by atoms with Crippen LogP contribution in [0.4, 0.5) is 0 Å². The van der Waals surface area contributed by atoms with Gasteiger partial charge in [0.15, 0.2) is 0 Å². The van der Waals surface area contributed by atoms with E-state index >= 15 is 0 Å². The number of hydrogen-bond acceptors (Lipinski definition) is 1. The molecule has 0 fully saturated rings. The summed E-state index contributed by atoms with van der Waals surface area (Å²) in [6.07, 6.45) is 8.20. The Labute approximate surface area is 117 Å². The number of nitrogens with zero attached hydrogens (tertiary/aromatic N) is 1. The van der Waals surface area contributed by atoms with E-state index in [-0.39, 0.29) is 5.91 Å². The van der Waals surface area contributed by atoms with Crippen LogP contribution in [0.5, 0.6) is 0 Å². The zero-order valence-corrected chi connectivity index (χ0v) is 13.3. The second-order valence-electron chi connectivity index (χ2n) is 5.88. The first-order valence-corrected chi connectivity index (χ1v) is 10.2. The number of likely N-dealkylation sites (N-methyl/N-ethyl adjacent to an activating group) is 1. The van der Waals surface area contributed by atoms with Gasteiger partial charge in [-0.05, 0) is 5.56 Å². The van der Waals surface area contributed by atoms with Crippen molar-refractivity contribution in [1.29, 1.82) is 0 Å². The Kier molecular flexibility index (Phi) is 5.77. The van der Waals surface area contributed by atoms with Crippen LogP contribution in [0.2, 0.25) is 19.6 Å². The molecule has 1 aromatic carbocycles. The fraction of sp³-hybridized carbons (Fsp3) is 0.312. The van der Waals surface area contributed by atoms with Crippen molar-refractivity contribution < 1.29 is 4.79 Å². The summed E-state index contributed by atoms with van der Waals surface area (Å²) < 4.78 is 0. The lowest BCUT2D eigenvalue weighted by atomic mass is 10.2. The van der Waals surface area contributed by atoms with Gasteiger partial charge in [0.1, 0.15) is 0 Å². The van der Waals surface area contributed by atoms with Gasteiger partial charge in [-0.15, -0.1) is 0 Å². The predicted octanol–water partition coefficient (Wildman–Crippen LogP) is 3.59. The van der Waals surface area contributed by atoms with Crippen LogP contribution in [0.15, 0.2) is 48.6 Å². The number of allylic oxidation sites excluding steroid dienone is 2. The molecule has 0 bridgehead atoms. The van der Waals surface area contributed by atoms with Gasteiger partial charge >= 0.3 is 0 Å². The Bertz CT molecular complexity index is 457. The normalized spacial score (nSPS) is 12.2. The third-order valence-corrected chi connectivity index (χ3v) is 3.95.